The molecule has 0 fully saturated rings. The molecule has 2 aromatic carbocycles. The molecule has 2 aromatic heterocycles. The Morgan fingerprint density at radius 1 is 1.04 bits per heavy atom. The van der Waals surface area contributed by atoms with Gasteiger partial charge in [-0.15, -0.1) is 0 Å². The number of hydrogen-bond acceptors (Lipinski definition) is 4. The van der Waals surface area contributed by atoms with Crippen molar-refractivity contribution in [2.45, 2.75) is 6.92 Å². The van der Waals surface area contributed by atoms with Crippen molar-refractivity contribution in [2.75, 3.05) is 0 Å². The van der Waals surface area contributed by atoms with Crippen LogP contribution in [0.15, 0.2) is 69.8 Å². The molecule has 0 aliphatic heterocycles. The van der Waals surface area contributed by atoms with Crippen LogP contribution >= 0.6 is 15.9 Å². The second-order valence-electron chi connectivity index (χ2n) is 6.11. The van der Waals surface area contributed by atoms with E-state index in [1.54, 1.807) is 23.9 Å². The van der Waals surface area contributed by atoms with Crippen LogP contribution in [0.25, 0.3) is 16.7 Å². The van der Waals surface area contributed by atoms with Gasteiger partial charge in [-0.3, -0.25) is 20.4 Å². The average Bonchev–Trinajstić information content (AvgIpc) is 3.32. The summed E-state index contributed by atoms with van der Waals surface area (Å²) >= 11 is 3.37. The molecule has 4 aromatic rings. The van der Waals surface area contributed by atoms with Crippen LogP contribution in [-0.2, 0) is 0 Å². The molecule has 0 atom stereocenters. The fourth-order valence-corrected chi connectivity index (χ4v) is 3.07. The van der Waals surface area contributed by atoms with E-state index in [9.17, 15) is 9.59 Å². The van der Waals surface area contributed by atoms with Crippen molar-refractivity contribution in [3.05, 3.63) is 82.3 Å². The first-order valence-electron chi connectivity index (χ1n) is 8.42. The number of nitrogens with zero attached hydrogens (tertiary/aromatic N) is 2. The van der Waals surface area contributed by atoms with Crippen LogP contribution < -0.4 is 10.9 Å². The molecule has 0 radical (unpaired) electrons. The molecule has 0 spiro atoms. The van der Waals surface area contributed by atoms with Gasteiger partial charge in [0.1, 0.15) is 5.58 Å². The van der Waals surface area contributed by atoms with Crippen LogP contribution in [0.4, 0.5) is 0 Å². The number of hydrazine groups is 1. The lowest BCUT2D eigenvalue weighted by molar-refractivity contribution is 0.0831. The lowest BCUT2D eigenvalue weighted by atomic mass is 10.1. The Balaban J connectivity index is 1.44. The van der Waals surface area contributed by atoms with E-state index in [1.807, 2.05) is 42.5 Å². The highest BCUT2D eigenvalue weighted by Crippen LogP contribution is 2.24. The summed E-state index contributed by atoms with van der Waals surface area (Å²) in [7, 11) is 0. The van der Waals surface area contributed by atoms with Crippen molar-refractivity contribution in [2.24, 2.45) is 0 Å². The molecule has 8 heteroatoms. The van der Waals surface area contributed by atoms with Crippen molar-refractivity contribution in [1.29, 1.82) is 0 Å². The average molecular weight is 439 g/mol. The number of nitrogens with one attached hydrogen (secondary N) is 2. The molecular formula is C20H15BrN4O3. The topological polar surface area (TPSA) is 89.2 Å². The number of benzene rings is 2. The van der Waals surface area contributed by atoms with Crippen molar-refractivity contribution < 1.29 is 14.0 Å². The monoisotopic (exact) mass is 438 g/mol. The van der Waals surface area contributed by atoms with E-state index >= 15 is 0 Å². The van der Waals surface area contributed by atoms with Gasteiger partial charge in [-0.25, -0.2) is 4.68 Å². The van der Waals surface area contributed by atoms with E-state index in [0.29, 0.717) is 16.7 Å². The van der Waals surface area contributed by atoms with Crippen molar-refractivity contribution >= 4 is 38.7 Å². The zero-order valence-corrected chi connectivity index (χ0v) is 16.4. The van der Waals surface area contributed by atoms with Gasteiger partial charge in [-0.05, 0) is 37.3 Å². The zero-order chi connectivity index (χ0) is 19.7. The minimum Gasteiger partial charge on any atom is -0.451 e. The van der Waals surface area contributed by atoms with Gasteiger partial charge < -0.3 is 4.42 Å². The SMILES string of the molecule is Cc1c(C(=O)NNC(=O)c2cnn(-c3ccc(Br)cc3)c2)oc2ccccc12. The van der Waals surface area contributed by atoms with Crippen LogP contribution in [0, 0.1) is 6.92 Å². The summed E-state index contributed by atoms with van der Waals surface area (Å²) in [6.07, 6.45) is 3.01. The largest absolute Gasteiger partial charge is 0.451 e. The van der Waals surface area contributed by atoms with Gasteiger partial charge in [-0.2, -0.15) is 5.10 Å². The van der Waals surface area contributed by atoms with Gasteiger partial charge in [0.2, 0.25) is 0 Å². The van der Waals surface area contributed by atoms with Gasteiger partial charge in [0.15, 0.2) is 5.76 Å². The van der Waals surface area contributed by atoms with Crippen molar-refractivity contribution in [3.8, 4) is 5.69 Å². The third kappa shape index (κ3) is 3.41. The van der Waals surface area contributed by atoms with Crippen molar-refractivity contribution in [1.82, 2.24) is 20.6 Å². The van der Waals surface area contributed by atoms with Gasteiger partial charge >= 0.3 is 5.91 Å². The number of carbonyl (C=O) groups excluding carboxylic acids is 2. The Kier molecular flexibility index (Phi) is 4.70. The molecule has 140 valence electrons. The Morgan fingerprint density at radius 2 is 1.75 bits per heavy atom. The summed E-state index contributed by atoms with van der Waals surface area (Å²) in [6.45, 7) is 1.80. The predicted octanol–water partition coefficient (Wildman–Crippen LogP) is 3.76. The third-order valence-corrected chi connectivity index (χ3v) is 4.80. The van der Waals surface area contributed by atoms with Crippen LogP contribution in [-0.4, -0.2) is 21.6 Å². The van der Waals surface area contributed by atoms with E-state index in [0.717, 1.165) is 15.5 Å². The van der Waals surface area contributed by atoms with Gasteiger partial charge in [-0.1, -0.05) is 34.1 Å². The summed E-state index contributed by atoms with van der Waals surface area (Å²) in [5, 5.41) is 5.03. The quantitative estimate of drug-likeness (QED) is 0.476. The number of amides is 2. The van der Waals surface area contributed by atoms with Gasteiger partial charge in [0.25, 0.3) is 5.91 Å². The fraction of sp³-hybridized carbons (Fsp3) is 0.0500. The molecule has 4 rings (SSSR count). The Hall–Kier alpha value is -3.39. The van der Waals surface area contributed by atoms with Crippen LogP contribution in [0.1, 0.15) is 26.5 Å². The number of furan rings is 1. The number of carbonyl (C=O) groups is 2. The lowest BCUT2D eigenvalue weighted by Gasteiger charge is -2.05. The number of aromatic nitrogens is 2. The number of rotatable bonds is 3. The Morgan fingerprint density at radius 3 is 2.50 bits per heavy atom. The minimum absolute atomic E-state index is 0.159. The highest BCUT2D eigenvalue weighted by atomic mass is 79.9. The van der Waals surface area contributed by atoms with E-state index in [4.69, 9.17) is 4.42 Å². The number of para-hydroxylation sites is 1. The molecule has 7 nitrogen and oxygen atoms in total. The van der Waals surface area contributed by atoms with Gasteiger partial charge in [0, 0.05) is 21.6 Å². The highest BCUT2D eigenvalue weighted by molar-refractivity contribution is 9.10. The minimum atomic E-state index is -0.526. The molecule has 2 amide bonds. The summed E-state index contributed by atoms with van der Waals surface area (Å²) in [5.41, 5.74) is 7.21. The first kappa shape index (κ1) is 18.0. The predicted molar refractivity (Wildman–Crippen MR) is 107 cm³/mol. The smallest absolute Gasteiger partial charge is 0.305 e. The van der Waals surface area contributed by atoms with E-state index in [1.165, 1.54) is 6.20 Å². The second-order valence-corrected chi connectivity index (χ2v) is 7.03. The first-order valence-corrected chi connectivity index (χ1v) is 9.21. The summed E-state index contributed by atoms with van der Waals surface area (Å²) in [4.78, 5) is 24.7. The van der Waals surface area contributed by atoms with Crippen LogP contribution in [0.5, 0.6) is 0 Å². The maximum Gasteiger partial charge on any atom is 0.305 e. The molecule has 0 bridgehead atoms. The normalized spacial score (nSPS) is 10.8. The van der Waals surface area contributed by atoms with E-state index in [2.05, 4.69) is 31.9 Å². The van der Waals surface area contributed by atoms with Crippen LogP contribution in [0.2, 0.25) is 0 Å². The maximum atomic E-state index is 12.4. The lowest BCUT2D eigenvalue weighted by Crippen LogP contribution is -2.41. The standard InChI is InChI=1S/C20H15BrN4O3/c1-12-16-4-2-3-5-17(16)28-18(12)20(27)24-23-19(26)13-10-22-25(11-13)15-8-6-14(21)7-9-15/h2-11H,1H3,(H,23,26)(H,24,27). The van der Waals surface area contributed by atoms with E-state index in [-0.39, 0.29) is 5.76 Å². The Bertz CT molecular complexity index is 1180. The number of fused-ring (bicyclic) bond motifs is 1. The molecule has 2 heterocycles. The fourth-order valence-electron chi connectivity index (χ4n) is 2.81. The molecule has 0 saturated heterocycles. The molecule has 0 unspecified atom stereocenters. The molecule has 0 aliphatic rings. The van der Waals surface area contributed by atoms with Crippen LogP contribution in [0.3, 0.4) is 0 Å². The first-order chi connectivity index (χ1) is 13.5. The van der Waals surface area contributed by atoms with Gasteiger partial charge in [0.05, 0.1) is 17.4 Å². The summed E-state index contributed by atoms with van der Waals surface area (Å²) < 4.78 is 8.11. The second kappa shape index (κ2) is 7.32. The number of hydrogen-bond donors (Lipinski definition) is 2. The number of halogens is 1. The molecule has 0 aliphatic carbocycles. The maximum absolute atomic E-state index is 12.4. The zero-order valence-electron chi connectivity index (χ0n) is 14.8. The third-order valence-electron chi connectivity index (χ3n) is 4.28. The summed E-state index contributed by atoms with van der Waals surface area (Å²) in [6, 6.07) is 14.9. The Labute approximate surface area is 168 Å². The molecule has 0 saturated carbocycles. The van der Waals surface area contributed by atoms with E-state index < -0.39 is 11.8 Å². The summed E-state index contributed by atoms with van der Waals surface area (Å²) in [5.74, 6) is -0.847. The molecule has 2 N–H and O–H groups in total. The number of aryl methyl sites for hydroxylation is 1. The molecule has 28 heavy (non-hydrogen) atoms. The van der Waals surface area contributed by atoms with Crippen molar-refractivity contribution in [3.63, 3.8) is 0 Å². The highest BCUT2D eigenvalue weighted by Gasteiger charge is 2.18. The molecular weight excluding hydrogens is 424 g/mol.